The molecule has 2 heteroatoms. The fourth-order valence-electron chi connectivity index (χ4n) is 3.71. The first-order valence-electron chi connectivity index (χ1n) is 7.13. The zero-order chi connectivity index (χ0) is 11.7. The van der Waals surface area contributed by atoms with Crippen molar-refractivity contribution in [2.45, 2.75) is 45.6 Å². The van der Waals surface area contributed by atoms with E-state index in [4.69, 9.17) is 0 Å². The zero-order valence-corrected chi connectivity index (χ0v) is 11.6. The molecule has 0 amide bonds. The minimum Gasteiger partial charge on any atom is -0.312 e. The van der Waals surface area contributed by atoms with Crippen LogP contribution >= 0.6 is 11.3 Å². The van der Waals surface area contributed by atoms with Crippen molar-refractivity contribution in [3.8, 4) is 0 Å². The van der Waals surface area contributed by atoms with Crippen molar-refractivity contribution >= 4 is 11.3 Å². The molecule has 3 rings (SSSR count). The molecule has 3 atom stereocenters. The lowest BCUT2D eigenvalue weighted by atomic mass is 9.89. The van der Waals surface area contributed by atoms with Crippen LogP contribution in [0.25, 0.3) is 0 Å². The Morgan fingerprint density at radius 1 is 1.24 bits per heavy atom. The summed E-state index contributed by atoms with van der Waals surface area (Å²) in [5.74, 6) is 3.13. The molecule has 94 valence electrons. The van der Waals surface area contributed by atoms with Gasteiger partial charge in [-0.1, -0.05) is 13.3 Å². The number of hydrogen-bond acceptors (Lipinski definition) is 2. The smallest absolute Gasteiger partial charge is 0.0299 e. The zero-order valence-electron chi connectivity index (χ0n) is 10.7. The van der Waals surface area contributed by atoms with E-state index in [1.165, 1.54) is 48.4 Å². The SMILES string of the molecule is CCc1ccc(CNCC2CC3CCC2C3)s1. The predicted octanol–water partition coefficient (Wildman–Crippen LogP) is 3.84. The Hall–Kier alpha value is -0.340. The molecule has 0 aromatic carbocycles. The van der Waals surface area contributed by atoms with Gasteiger partial charge < -0.3 is 5.32 Å². The molecule has 0 aliphatic heterocycles. The maximum absolute atomic E-state index is 3.68. The molecule has 0 spiro atoms. The third-order valence-corrected chi connectivity index (χ3v) is 5.89. The summed E-state index contributed by atoms with van der Waals surface area (Å²) in [6.45, 7) is 4.57. The molecule has 1 N–H and O–H groups in total. The minimum atomic E-state index is 0.986. The molecule has 1 nitrogen and oxygen atoms in total. The van der Waals surface area contributed by atoms with E-state index >= 15 is 0 Å². The van der Waals surface area contributed by atoms with Crippen LogP contribution in [0.2, 0.25) is 0 Å². The Kier molecular flexibility index (Phi) is 3.53. The van der Waals surface area contributed by atoms with Gasteiger partial charge >= 0.3 is 0 Å². The first-order chi connectivity index (χ1) is 8.35. The molecular formula is C15H23NS. The largest absolute Gasteiger partial charge is 0.312 e. The van der Waals surface area contributed by atoms with Crippen LogP contribution in [0, 0.1) is 17.8 Å². The molecule has 3 unspecified atom stereocenters. The van der Waals surface area contributed by atoms with Crippen LogP contribution in [-0.4, -0.2) is 6.54 Å². The highest BCUT2D eigenvalue weighted by molar-refractivity contribution is 7.11. The molecule has 0 saturated heterocycles. The first kappa shape index (κ1) is 11.7. The summed E-state index contributed by atoms with van der Waals surface area (Å²) in [5.41, 5.74) is 0. The van der Waals surface area contributed by atoms with Gasteiger partial charge in [0.15, 0.2) is 0 Å². The van der Waals surface area contributed by atoms with Crippen molar-refractivity contribution < 1.29 is 0 Å². The minimum absolute atomic E-state index is 0.986. The molecule has 1 aromatic heterocycles. The van der Waals surface area contributed by atoms with Crippen LogP contribution < -0.4 is 5.32 Å². The Morgan fingerprint density at radius 3 is 2.76 bits per heavy atom. The van der Waals surface area contributed by atoms with E-state index in [0.717, 1.165) is 24.3 Å². The van der Waals surface area contributed by atoms with Crippen LogP contribution in [0.1, 0.15) is 42.4 Å². The Labute approximate surface area is 109 Å². The second-order valence-electron chi connectivity index (χ2n) is 5.79. The summed E-state index contributed by atoms with van der Waals surface area (Å²) in [6, 6.07) is 4.57. The monoisotopic (exact) mass is 249 g/mol. The fraction of sp³-hybridized carbons (Fsp3) is 0.733. The fourth-order valence-corrected chi connectivity index (χ4v) is 4.64. The lowest BCUT2D eigenvalue weighted by Crippen LogP contribution is -2.25. The Bertz CT molecular complexity index is 371. The van der Waals surface area contributed by atoms with Gasteiger partial charge in [-0.2, -0.15) is 0 Å². The molecule has 1 heterocycles. The average Bonchev–Trinajstić information content (AvgIpc) is 3.04. The van der Waals surface area contributed by atoms with Crippen molar-refractivity contribution in [2.24, 2.45) is 17.8 Å². The van der Waals surface area contributed by atoms with E-state index in [9.17, 15) is 0 Å². The number of aryl methyl sites for hydroxylation is 1. The Morgan fingerprint density at radius 2 is 2.12 bits per heavy atom. The molecule has 0 radical (unpaired) electrons. The van der Waals surface area contributed by atoms with E-state index in [-0.39, 0.29) is 0 Å². The highest BCUT2D eigenvalue weighted by atomic mass is 32.1. The molecule has 2 saturated carbocycles. The number of fused-ring (bicyclic) bond motifs is 2. The van der Waals surface area contributed by atoms with Crippen LogP contribution in [-0.2, 0) is 13.0 Å². The van der Waals surface area contributed by atoms with Crippen LogP contribution in [0.15, 0.2) is 12.1 Å². The number of rotatable bonds is 5. The normalized spacial score (nSPS) is 31.2. The lowest BCUT2D eigenvalue weighted by Gasteiger charge is -2.21. The van der Waals surface area contributed by atoms with Crippen molar-refractivity contribution in [1.82, 2.24) is 5.32 Å². The maximum atomic E-state index is 3.68. The third kappa shape index (κ3) is 2.58. The summed E-state index contributed by atoms with van der Waals surface area (Å²) in [4.78, 5) is 3.02. The molecule has 17 heavy (non-hydrogen) atoms. The molecule has 2 aliphatic carbocycles. The van der Waals surface area contributed by atoms with Crippen molar-refractivity contribution in [1.29, 1.82) is 0 Å². The van der Waals surface area contributed by atoms with Gasteiger partial charge in [0.25, 0.3) is 0 Å². The highest BCUT2D eigenvalue weighted by Gasteiger charge is 2.38. The number of nitrogens with one attached hydrogen (secondary N) is 1. The standard InChI is InChI=1S/C15H23NS/c1-2-14-5-6-15(17-14)10-16-9-13-8-11-3-4-12(13)7-11/h5-6,11-13,16H,2-4,7-10H2,1H3. The summed E-state index contributed by atoms with van der Waals surface area (Å²) < 4.78 is 0. The Balaban J connectivity index is 1.43. The quantitative estimate of drug-likeness (QED) is 0.836. The lowest BCUT2D eigenvalue weighted by molar-refractivity contribution is 0.319. The molecule has 2 aliphatic rings. The third-order valence-electron chi connectivity index (χ3n) is 4.66. The van der Waals surface area contributed by atoms with Crippen molar-refractivity contribution in [2.75, 3.05) is 6.54 Å². The van der Waals surface area contributed by atoms with Gasteiger partial charge in [0, 0.05) is 16.3 Å². The van der Waals surface area contributed by atoms with Gasteiger partial charge in [-0.3, -0.25) is 0 Å². The summed E-state index contributed by atoms with van der Waals surface area (Å²) in [5, 5.41) is 3.68. The summed E-state index contributed by atoms with van der Waals surface area (Å²) in [7, 11) is 0. The first-order valence-corrected chi connectivity index (χ1v) is 7.95. The van der Waals surface area contributed by atoms with Crippen LogP contribution in [0.5, 0.6) is 0 Å². The van der Waals surface area contributed by atoms with Gasteiger partial charge in [-0.15, -0.1) is 11.3 Å². The van der Waals surface area contributed by atoms with Gasteiger partial charge in [0.05, 0.1) is 0 Å². The van der Waals surface area contributed by atoms with Gasteiger partial charge in [0.2, 0.25) is 0 Å². The van der Waals surface area contributed by atoms with Crippen LogP contribution in [0.3, 0.4) is 0 Å². The number of hydrogen-bond donors (Lipinski definition) is 1. The highest BCUT2D eigenvalue weighted by Crippen LogP contribution is 2.47. The van der Waals surface area contributed by atoms with E-state index in [2.05, 4.69) is 24.4 Å². The summed E-state index contributed by atoms with van der Waals surface area (Å²) >= 11 is 1.97. The second kappa shape index (κ2) is 5.11. The molecule has 2 bridgehead atoms. The van der Waals surface area contributed by atoms with Gasteiger partial charge in [-0.05, 0) is 62.1 Å². The topological polar surface area (TPSA) is 12.0 Å². The van der Waals surface area contributed by atoms with Crippen molar-refractivity contribution in [3.63, 3.8) is 0 Å². The van der Waals surface area contributed by atoms with Gasteiger partial charge in [0.1, 0.15) is 0 Å². The second-order valence-corrected chi connectivity index (χ2v) is 7.04. The van der Waals surface area contributed by atoms with Crippen LogP contribution in [0.4, 0.5) is 0 Å². The van der Waals surface area contributed by atoms with E-state index in [0.29, 0.717) is 0 Å². The van der Waals surface area contributed by atoms with Gasteiger partial charge in [-0.25, -0.2) is 0 Å². The summed E-state index contributed by atoms with van der Waals surface area (Å²) in [6.07, 6.45) is 7.24. The predicted molar refractivity (Wildman–Crippen MR) is 74.3 cm³/mol. The van der Waals surface area contributed by atoms with E-state index < -0.39 is 0 Å². The van der Waals surface area contributed by atoms with E-state index in [1.54, 1.807) is 0 Å². The van der Waals surface area contributed by atoms with E-state index in [1.807, 2.05) is 11.3 Å². The molecular weight excluding hydrogens is 226 g/mol. The number of thiophene rings is 1. The average molecular weight is 249 g/mol. The molecule has 2 fully saturated rings. The maximum Gasteiger partial charge on any atom is 0.0299 e. The molecule has 1 aromatic rings. The van der Waals surface area contributed by atoms with Crippen molar-refractivity contribution in [3.05, 3.63) is 21.9 Å².